The Bertz CT molecular complexity index is 1040. The number of hydrazine groups is 1. The molecular weight excluding hydrogens is 380 g/mol. The molecule has 0 aliphatic carbocycles. The second-order valence-corrected chi connectivity index (χ2v) is 6.47. The summed E-state index contributed by atoms with van der Waals surface area (Å²) in [6.45, 7) is 3.36. The number of carbonyl (C=O) groups is 3. The Balaban J connectivity index is 1.73. The van der Waals surface area contributed by atoms with Crippen LogP contribution in [0.25, 0.3) is 5.69 Å². The van der Waals surface area contributed by atoms with Crippen molar-refractivity contribution in [3.05, 3.63) is 82.1 Å². The lowest BCUT2D eigenvalue weighted by molar-refractivity contribution is -0.117. The van der Waals surface area contributed by atoms with Crippen LogP contribution < -0.4 is 10.9 Å². The van der Waals surface area contributed by atoms with Crippen molar-refractivity contribution in [3.63, 3.8) is 0 Å². The number of para-hydroxylation sites is 1. The van der Waals surface area contributed by atoms with Gasteiger partial charge in [-0.1, -0.05) is 29.8 Å². The molecule has 142 valence electrons. The number of nitrogens with zero attached hydrogens (tertiary/aromatic N) is 2. The Hall–Kier alpha value is -3.45. The van der Waals surface area contributed by atoms with Crippen LogP contribution in [0.3, 0.4) is 0 Å². The highest BCUT2D eigenvalue weighted by Gasteiger charge is 2.25. The van der Waals surface area contributed by atoms with E-state index >= 15 is 0 Å². The molecule has 0 saturated carbocycles. The summed E-state index contributed by atoms with van der Waals surface area (Å²) >= 11 is 5.78. The van der Waals surface area contributed by atoms with Gasteiger partial charge in [-0.05, 0) is 50.2 Å². The Morgan fingerprint density at radius 3 is 2.21 bits per heavy atom. The van der Waals surface area contributed by atoms with Crippen molar-refractivity contribution in [3.8, 4) is 5.69 Å². The van der Waals surface area contributed by atoms with Gasteiger partial charge in [0.05, 0.1) is 22.6 Å². The normalized spacial score (nSPS) is 10.4. The zero-order chi connectivity index (χ0) is 20.3. The average Bonchev–Trinajstić information content (AvgIpc) is 3.00. The summed E-state index contributed by atoms with van der Waals surface area (Å²) in [5.74, 6) is -2.30. The molecule has 2 N–H and O–H groups in total. The molecule has 1 heterocycles. The summed E-state index contributed by atoms with van der Waals surface area (Å²) in [6, 6.07) is 15.4. The lowest BCUT2D eigenvalue weighted by atomic mass is 10.1. The minimum atomic E-state index is -0.957. The van der Waals surface area contributed by atoms with Crippen LogP contribution in [-0.2, 0) is 4.79 Å². The van der Waals surface area contributed by atoms with Crippen LogP contribution in [0.5, 0.6) is 0 Å². The largest absolute Gasteiger partial charge is 0.310 e. The van der Waals surface area contributed by atoms with Crippen LogP contribution in [0.15, 0.2) is 54.6 Å². The maximum Gasteiger partial charge on any atom is 0.310 e. The van der Waals surface area contributed by atoms with E-state index in [-0.39, 0.29) is 5.56 Å². The predicted octanol–water partition coefficient (Wildman–Crippen LogP) is 2.79. The molecule has 0 spiro atoms. The topological polar surface area (TPSA) is 93.1 Å². The minimum Gasteiger partial charge on any atom is -0.283 e. The molecule has 2 aromatic carbocycles. The first-order chi connectivity index (χ1) is 13.4. The zero-order valence-corrected chi connectivity index (χ0v) is 15.9. The van der Waals surface area contributed by atoms with Crippen LogP contribution in [0, 0.1) is 13.8 Å². The zero-order valence-electron chi connectivity index (χ0n) is 15.2. The quantitative estimate of drug-likeness (QED) is 0.403. The number of rotatable bonds is 4. The number of aryl methyl sites for hydroxylation is 1. The molecule has 0 aliphatic rings. The maximum atomic E-state index is 12.6. The van der Waals surface area contributed by atoms with E-state index in [4.69, 9.17) is 11.6 Å². The molecule has 0 unspecified atom stereocenters. The summed E-state index contributed by atoms with van der Waals surface area (Å²) in [6.07, 6.45) is 0. The Morgan fingerprint density at radius 1 is 0.929 bits per heavy atom. The summed E-state index contributed by atoms with van der Waals surface area (Å²) in [7, 11) is 0. The minimum absolute atomic E-state index is 0.196. The highest BCUT2D eigenvalue weighted by atomic mass is 35.5. The third-order valence-corrected chi connectivity index (χ3v) is 4.37. The van der Waals surface area contributed by atoms with Crippen molar-refractivity contribution < 1.29 is 14.4 Å². The van der Waals surface area contributed by atoms with E-state index in [1.54, 1.807) is 30.7 Å². The molecule has 3 aromatic rings. The van der Waals surface area contributed by atoms with Crippen molar-refractivity contribution >= 4 is 29.2 Å². The Morgan fingerprint density at radius 2 is 1.57 bits per heavy atom. The van der Waals surface area contributed by atoms with E-state index in [0.29, 0.717) is 22.0 Å². The fourth-order valence-electron chi connectivity index (χ4n) is 2.75. The van der Waals surface area contributed by atoms with Gasteiger partial charge in [-0.15, -0.1) is 0 Å². The standard InChI is InChI=1S/C20H17ClN4O3/c1-12-17(13(2)25(24-12)16-6-4-3-5-7-16)18(26)20(28)23-22-19(27)14-8-10-15(21)11-9-14/h3-11H,1-2H3,(H,22,27)(H,23,28). The molecular formula is C20H17ClN4O3. The fraction of sp³-hybridized carbons (Fsp3) is 0.100. The van der Waals surface area contributed by atoms with E-state index < -0.39 is 17.6 Å². The number of Topliss-reactive ketones (excluding diaryl/α,β-unsaturated/α-hetero) is 1. The Kier molecular flexibility index (Phi) is 5.56. The number of benzene rings is 2. The van der Waals surface area contributed by atoms with Crippen molar-refractivity contribution in [2.45, 2.75) is 13.8 Å². The molecule has 0 atom stereocenters. The first kappa shape index (κ1) is 19.3. The van der Waals surface area contributed by atoms with Gasteiger partial charge < -0.3 is 0 Å². The number of halogens is 1. The van der Waals surface area contributed by atoms with E-state index in [1.165, 1.54) is 12.1 Å². The van der Waals surface area contributed by atoms with Crippen LogP contribution in [0.2, 0.25) is 5.02 Å². The SMILES string of the molecule is Cc1nn(-c2ccccc2)c(C)c1C(=O)C(=O)NNC(=O)c1ccc(Cl)cc1. The summed E-state index contributed by atoms with van der Waals surface area (Å²) < 4.78 is 1.60. The van der Waals surface area contributed by atoms with Gasteiger partial charge in [-0.2, -0.15) is 5.10 Å². The van der Waals surface area contributed by atoms with Gasteiger partial charge in [-0.25, -0.2) is 4.68 Å². The first-order valence-corrected chi connectivity index (χ1v) is 8.78. The van der Waals surface area contributed by atoms with Gasteiger partial charge in [0, 0.05) is 10.6 Å². The van der Waals surface area contributed by atoms with Crippen molar-refractivity contribution in [2.24, 2.45) is 0 Å². The second kappa shape index (κ2) is 8.06. The van der Waals surface area contributed by atoms with Crippen LogP contribution >= 0.6 is 11.6 Å². The molecule has 3 rings (SSSR count). The molecule has 0 radical (unpaired) electrons. The van der Waals surface area contributed by atoms with E-state index in [9.17, 15) is 14.4 Å². The van der Waals surface area contributed by atoms with E-state index in [2.05, 4.69) is 16.0 Å². The van der Waals surface area contributed by atoms with Gasteiger partial charge in [0.1, 0.15) is 0 Å². The molecule has 1 aromatic heterocycles. The lowest BCUT2D eigenvalue weighted by Gasteiger charge is -2.07. The van der Waals surface area contributed by atoms with Crippen molar-refractivity contribution in [1.82, 2.24) is 20.6 Å². The second-order valence-electron chi connectivity index (χ2n) is 6.04. The molecule has 0 bridgehead atoms. The lowest BCUT2D eigenvalue weighted by Crippen LogP contribution is -2.45. The molecule has 28 heavy (non-hydrogen) atoms. The fourth-order valence-corrected chi connectivity index (χ4v) is 2.88. The van der Waals surface area contributed by atoms with Gasteiger partial charge in [-0.3, -0.25) is 25.2 Å². The monoisotopic (exact) mass is 396 g/mol. The van der Waals surface area contributed by atoms with Crippen molar-refractivity contribution in [2.75, 3.05) is 0 Å². The van der Waals surface area contributed by atoms with E-state index in [0.717, 1.165) is 5.69 Å². The third-order valence-electron chi connectivity index (χ3n) is 4.12. The van der Waals surface area contributed by atoms with Gasteiger partial charge in [0.15, 0.2) is 0 Å². The number of nitrogens with one attached hydrogen (secondary N) is 2. The molecule has 0 aliphatic heterocycles. The summed E-state index contributed by atoms with van der Waals surface area (Å²) in [4.78, 5) is 36.9. The molecule has 7 nitrogen and oxygen atoms in total. The number of hydrogen-bond donors (Lipinski definition) is 2. The van der Waals surface area contributed by atoms with Gasteiger partial charge in [0.25, 0.3) is 11.7 Å². The number of aromatic nitrogens is 2. The first-order valence-electron chi connectivity index (χ1n) is 8.40. The number of hydrogen-bond acceptors (Lipinski definition) is 4. The Labute approximate surface area is 166 Å². The molecule has 2 amide bonds. The average molecular weight is 397 g/mol. The molecule has 8 heteroatoms. The highest BCUT2D eigenvalue weighted by Crippen LogP contribution is 2.18. The molecule has 0 saturated heterocycles. The maximum absolute atomic E-state index is 12.6. The predicted molar refractivity (Wildman–Crippen MR) is 104 cm³/mol. The summed E-state index contributed by atoms with van der Waals surface area (Å²) in [5, 5.41) is 4.83. The number of carbonyl (C=O) groups excluding carboxylic acids is 3. The van der Waals surface area contributed by atoms with Crippen LogP contribution in [0.1, 0.15) is 32.1 Å². The molecule has 0 fully saturated rings. The highest BCUT2D eigenvalue weighted by molar-refractivity contribution is 6.43. The smallest absolute Gasteiger partial charge is 0.283 e. The summed E-state index contributed by atoms with van der Waals surface area (Å²) in [5.41, 5.74) is 6.58. The van der Waals surface area contributed by atoms with Crippen LogP contribution in [0.4, 0.5) is 0 Å². The van der Waals surface area contributed by atoms with Crippen LogP contribution in [-0.4, -0.2) is 27.4 Å². The van der Waals surface area contributed by atoms with E-state index in [1.807, 2.05) is 30.3 Å². The number of ketones is 1. The third kappa shape index (κ3) is 3.94. The van der Waals surface area contributed by atoms with Gasteiger partial charge >= 0.3 is 5.91 Å². The van der Waals surface area contributed by atoms with Crippen molar-refractivity contribution in [1.29, 1.82) is 0 Å². The van der Waals surface area contributed by atoms with Gasteiger partial charge in [0.2, 0.25) is 0 Å². The number of amides is 2.